The van der Waals surface area contributed by atoms with E-state index in [4.69, 9.17) is 16.3 Å². The highest BCUT2D eigenvalue weighted by Crippen LogP contribution is 2.35. The van der Waals surface area contributed by atoms with E-state index in [0.717, 1.165) is 47.2 Å². The van der Waals surface area contributed by atoms with E-state index in [2.05, 4.69) is 17.6 Å². The van der Waals surface area contributed by atoms with E-state index in [-0.39, 0.29) is 0 Å². The topological polar surface area (TPSA) is 33.3 Å². The predicted octanol–water partition coefficient (Wildman–Crippen LogP) is 2.99. The molecule has 0 bridgehead atoms. The van der Waals surface area contributed by atoms with Crippen LogP contribution in [0.4, 0.5) is 5.69 Å². The van der Waals surface area contributed by atoms with Crippen LogP contribution in [0.25, 0.3) is 0 Å². The Hall–Kier alpha value is -0.930. The zero-order valence-corrected chi connectivity index (χ0v) is 11.7. The number of methoxy groups -OCH3 is 1. The van der Waals surface area contributed by atoms with Crippen molar-refractivity contribution >= 4 is 17.3 Å². The molecule has 4 heteroatoms. The number of benzene rings is 1. The summed E-state index contributed by atoms with van der Waals surface area (Å²) in [5, 5.41) is 7.43. The number of hydrogen-bond donors (Lipinski definition) is 2. The van der Waals surface area contributed by atoms with Gasteiger partial charge in [-0.2, -0.15) is 0 Å². The second kappa shape index (κ2) is 6.72. The van der Waals surface area contributed by atoms with E-state index in [1.54, 1.807) is 7.11 Å². The predicted molar refractivity (Wildman–Crippen MR) is 74.5 cm³/mol. The van der Waals surface area contributed by atoms with Gasteiger partial charge in [0.2, 0.25) is 0 Å². The highest BCUT2D eigenvalue weighted by molar-refractivity contribution is 6.32. The van der Waals surface area contributed by atoms with Crippen LogP contribution in [0.5, 0.6) is 5.75 Å². The van der Waals surface area contributed by atoms with Crippen LogP contribution in [0.15, 0.2) is 6.07 Å². The summed E-state index contributed by atoms with van der Waals surface area (Å²) >= 11 is 6.24. The van der Waals surface area contributed by atoms with Crippen molar-refractivity contribution in [3.8, 4) is 5.75 Å². The lowest BCUT2D eigenvalue weighted by molar-refractivity contribution is 0.416. The normalized spacial score (nSPS) is 10.4. The van der Waals surface area contributed by atoms with Crippen LogP contribution < -0.4 is 15.4 Å². The third-order valence-electron chi connectivity index (χ3n) is 2.72. The lowest BCUT2D eigenvalue weighted by atomic mass is 10.1. The van der Waals surface area contributed by atoms with Crippen LogP contribution in [0.3, 0.4) is 0 Å². The van der Waals surface area contributed by atoms with Crippen molar-refractivity contribution in [1.29, 1.82) is 0 Å². The van der Waals surface area contributed by atoms with Gasteiger partial charge in [0.15, 0.2) is 0 Å². The third-order valence-corrected chi connectivity index (χ3v) is 3.30. The molecule has 0 spiro atoms. The summed E-state index contributed by atoms with van der Waals surface area (Å²) in [6.07, 6.45) is 0. The molecule has 96 valence electrons. The van der Waals surface area contributed by atoms with Gasteiger partial charge >= 0.3 is 0 Å². The fourth-order valence-corrected chi connectivity index (χ4v) is 1.90. The molecule has 1 aromatic rings. The van der Waals surface area contributed by atoms with Gasteiger partial charge in [-0.15, -0.1) is 0 Å². The first kappa shape index (κ1) is 14.1. The van der Waals surface area contributed by atoms with Crippen molar-refractivity contribution in [2.24, 2.45) is 0 Å². The van der Waals surface area contributed by atoms with Crippen LogP contribution >= 0.6 is 11.6 Å². The van der Waals surface area contributed by atoms with Crippen LogP contribution in [0.2, 0.25) is 5.02 Å². The molecule has 0 unspecified atom stereocenters. The number of likely N-dealkylation sites (N-methyl/N-ethyl adjacent to an activating group) is 1. The Morgan fingerprint density at radius 3 is 2.59 bits per heavy atom. The largest absolute Gasteiger partial charge is 0.495 e. The van der Waals surface area contributed by atoms with E-state index in [1.807, 2.05) is 19.9 Å². The average Bonchev–Trinajstić information content (AvgIpc) is 2.33. The maximum Gasteiger partial charge on any atom is 0.142 e. The maximum atomic E-state index is 6.24. The third kappa shape index (κ3) is 3.51. The molecule has 0 saturated heterocycles. The fourth-order valence-electron chi connectivity index (χ4n) is 1.76. The van der Waals surface area contributed by atoms with Gasteiger partial charge in [0.25, 0.3) is 0 Å². The lowest BCUT2D eigenvalue weighted by Crippen LogP contribution is -2.22. The van der Waals surface area contributed by atoms with Crippen molar-refractivity contribution in [3.63, 3.8) is 0 Å². The first-order valence-corrected chi connectivity index (χ1v) is 6.27. The summed E-state index contributed by atoms with van der Waals surface area (Å²) in [6.45, 7) is 8.84. The molecule has 0 radical (unpaired) electrons. The fraction of sp³-hybridized carbons (Fsp3) is 0.538. The van der Waals surface area contributed by atoms with Crippen LogP contribution in [-0.2, 0) is 0 Å². The van der Waals surface area contributed by atoms with E-state index in [9.17, 15) is 0 Å². The minimum absolute atomic E-state index is 0.803. The molecule has 0 aromatic heterocycles. The monoisotopic (exact) mass is 256 g/mol. The number of nitrogens with one attached hydrogen (secondary N) is 2. The second-order valence-electron chi connectivity index (χ2n) is 3.99. The van der Waals surface area contributed by atoms with Crippen molar-refractivity contribution in [2.75, 3.05) is 32.1 Å². The van der Waals surface area contributed by atoms with E-state index in [0.29, 0.717) is 0 Å². The van der Waals surface area contributed by atoms with Crippen LogP contribution in [-0.4, -0.2) is 26.7 Å². The quantitative estimate of drug-likeness (QED) is 0.768. The highest BCUT2D eigenvalue weighted by atomic mass is 35.5. The Labute approximate surface area is 109 Å². The van der Waals surface area contributed by atoms with Crippen molar-refractivity contribution in [3.05, 3.63) is 22.2 Å². The lowest BCUT2D eigenvalue weighted by Gasteiger charge is -2.16. The Kier molecular flexibility index (Phi) is 5.59. The molecule has 0 aliphatic rings. The van der Waals surface area contributed by atoms with Gasteiger partial charge in [0.1, 0.15) is 5.75 Å². The molecule has 0 heterocycles. The van der Waals surface area contributed by atoms with Crippen LogP contribution in [0.1, 0.15) is 18.1 Å². The zero-order chi connectivity index (χ0) is 12.8. The average molecular weight is 257 g/mol. The standard InChI is InChI=1S/C13H21ClN2O/c1-5-15-6-7-16-13-10(3)12(14)9(2)8-11(13)17-4/h8,15-16H,5-7H2,1-4H3. The molecule has 1 aromatic carbocycles. The van der Waals surface area contributed by atoms with E-state index < -0.39 is 0 Å². The number of rotatable bonds is 6. The smallest absolute Gasteiger partial charge is 0.142 e. The first-order valence-electron chi connectivity index (χ1n) is 5.90. The van der Waals surface area contributed by atoms with Crippen LogP contribution in [0, 0.1) is 13.8 Å². The van der Waals surface area contributed by atoms with E-state index >= 15 is 0 Å². The molecule has 0 fully saturated rings. The highest BCUT2D eigenvalue weighted by Gasteiger charge is 2.11. The minimum atomic E-state index is 0.803. The number of ether oxygens (including phenoxy) is 1. The summed E-state index contributed by atoms with van der Waals surface area (Å²) in [5.74, 6) is 0.848. The molecular formula is C13H21ClN2O. The maximum absolute atomic E-state index is 6.24. The number of aryl methyl sites for hydroxylation is 1. The summed E-state index contributed by atoms with van der Waals surface area (Å²) in [7, 11) is 1.68. The Balaban J connectivity index is 2.85. The molecule has 2 N–H and O–H groups in total. The molecule has 0 amide bonds. The Morgan fingerprint density at radius 1 is 1.29 bits per heavy atom. The molecule has 0 atom stereocenters. The summed E-state index contributed by atoms with van der Waals surface area (Å²) < 4.78 is 5.38. The SMILES string of the molecule is CCNCCNc1c(OC)cc(C)c(Cl)c1C. The number of anilines is 1. The van der Waals surface area contributed by atoms with Gasteiger partial charge in [-0.1, -0.05) is 18.5 Å². The molecular weight excluding hydrogens is 236 g/mol. The van der Waals surface area contributed by atoms with Crippen molar-refractivity contribution in [1.82, 2.24) is 5.32 Å². The zero-order valence-electron chi connectivity index (χ0n) is 11.0. The van der Waals surface area contributed by atoms with Gasteiger partial charge in [0, 0.05) is 18.1 Å². The molecule has 1 rings (SSSR count). The molecule has 0 aliphatic carbocycles. The van der Waals surface area contributed by atoms with Gasteiger partial charge in [0.05, 0.1) is 12.8 Å². The molecule has 0 saturated carbocycles. The van der Waals surface area contributed by atoms with E-state index in [1.165, 1.54) is 0 Å². The number of hydrogen-bond acceptors (Lipinski definition) is 3. The van der Waals surface area contributed by atoms with Crippen molar-refractivity contribution in [2.45, 2.75) is 20.8 Å². The van der Waals surface area contributed by atoms with Gasteiger partial charge in [-0.3, -0.25) is 0 Å². The summed E-state index contributed by atoms with van der Waals surface area (Å²) in [6, 6.07) is 1.96. The van der Waals surface area contributed by atoms with Gasteiger partial charge in [-0.25, -0.2) is 0 Å². The first-order chi connectivity index (χ1) is 8.11. The molecule has 3 nitrogen and oxygen atoms in total. The summed E-state index contributed by atoms with van der Waals surface area (Å²) in [4.78, 5) is 0. The minimum Gasteiger partial charge on any atom is -0.495 e. The van der Waals surface area contributed by atoms with Gasteiger partial charge in [-0.05, 0) is 37.6 Å². The van der Waals surface area contributed by atoms with Crippen molar-refractivity contribution < 1.29 is 4.74 Å². The Morgan fingerprint density at radius 2 is 2.00 bits per heavy atom. The van der Waals surface area contributed by atoms with Gasteiger partial charge < -0.3 is 15.4 Å². The molecule has 17 heavy (non-hydrogen) atoms. The second-order valence-corrected chi connectivity index (χ2v) is 4.37. The Bertz CT molecular complexity index is 380. The summed E-state index contributed by atoms with van der Waals surface area (Å²) in [5.41, 5.74) is 3.07. The number of halogens is 1. The molecule has 0 aliphatic heterocycles.